The van der Waals surface area contributed by atoms with Crippen molar-refractivity contribution in [2.75, 3.05) is 32.8 Å². The first-order valence-corrected chi connectivity index (χ1v) is 8.52. The molecule has 1 aromatic carbocycles. The van der Waals surface area contributed by atoms with Gasteiger partial charge in [0.15, 0.2) is 0 Å². The van der Waals surface area contributed by atoms with Gasteiger partial charge in [0, 0.05) is 24.2 Å². The van der Waals surface area contributed by atoms with E-state index in [1.165, 1.54) is 45.3 Å². The van der Waals surface area contributed by atoms with E-state index in [-0.39, 0.29) is 0 Å². The number of halogens is 1. The molecule has 0 amide bonds. The minimum absolute atomic E-state index is 0.737. The molecule has 1 saturated heterocycles. The molecule has 0 spiro atoms. The van der Waals surface area contributed by atoms with Crippen LogP contribution in [0.1, 0.15) is 25.7 Å². The molecule has 1 aliphatic heterocycles. The number of benzene rings is 1. The summed E-state index contributed by atoms with van der Waals surface area (Å²) in [4.78, 5) is 2.64. The molecule has 0 radical (unpaired) electrons. The molecule has 116 valence electrons. The van der Waals surface area contributed by atoms with Gasteiger partial charge in [-0.3, -0.25) is 4.90 Å². The highest BCUT2D eigenvalue weighted by molar-refractivity contribution is 6.30. The predicted octanol–water partition coefficient (Wildman–Crippen LogP) is 3.18. The summed E-state index contributed by atoms with van der Waals surface area (Å²) in [6.45, 7) is 5.39. The third-order valence-corrected chi connectivity index (χ3v) is 4.69. The summed E-state index contributed by atoms with van der Waals surface area (Å²) in [6, 6.07) is 8.48. The summed E-state index contributed by atoms with van der Waals surface area (Å²) in [5.74, 6) is 1.73. The quantitative estimate of drug-likeness (QED) is 0.837. The van der Waals surface area contributed by atoms with Crippen LogP contribution in [0.25, 0.3) is 0 Å². The van der Waals surface area contributed by atoms with Crippen LogP contribution in [-0.2, 0) is 0 Å². The van der Waals surface area contributed by atoms with Gasteiger partial charge in [-0.15, -0.1) is 0 Å². The molecule has 4 heteroatoms. The molecule has 1 N–H and O–H groups in total. The van der Waals surface area contributed by atoms with Crippen LogP contribution < -0.4 is 10.1 Å². The Balaban J connectivity index is 1.44. The Hall–Kier alpha value is -0.770. The normalized spacial score (nSPS) is 19.9. The van der Waals surface area contributed by atoms with Crippen molar-refractivity contribution in [3.63, 3.8) is 0 Å². The molecule has 0 atom stereocenters. The molecule has 1 heterocycles. The van der Waals surface area contributed by atoms with Crippen molar-refractivity contribution in [3.05, 3.63) is 29.3 Å². The smallest absolute Gasteiger partial charge is 0.120 e. The monoisotopic (exact) mass is 308 g/mol. The first-order chi connectivity index (χ1) is 10.3. The Morgan fingerprint density at radius 2 is 2.00 bits per heavy atom. The minimum atomic E-state index is 0.737. The van der Waals surface area contributed by atoms with E-state index < -0.39 is 0 Å². The number of hydrogen-bond acceptors (Lipinski definition) is 3. The van der Waals surface area contributed by atoms with E-state index in [1.807, 2.05) is 24.3 Å². The van der Waals surface area contributed by atoms with Gasteiger partial charge in [-0.25, -0.2) is 0 Å². The maximum atomic E-state index is 5.98. The second-order valence-electron chi connectivity index (χ2n) is 6.23. The number of nitrogens with zero attached hydrogens (tertiary/aromatic N) is 1. The number of ether oxygens (including phenoxy) is 1. The van der Waals surface area contributed by atoms with E-state index >= 15 is 0 Å². The fourth-order valence-corrected chi connectivity index (χ4v) is 3.28. The van der Waals surface area contributed by atoms with Crippen LogP contribution in [0.2, 0.25) is 5.02 Å². The Bertz CT molecular complexity index is 444. The maximum absolute atomic E-state index is 5.98. The van der Waals surface area contributed by atoms with Gasteiger partial charge in [-0.05, 0) is 62.9 Å². The van der Waals surface area contributed by atoms with Gasteiger partial charge < -0.3 is 10.1 Å². The van der Waals surface area contributed by atoms with Crippen LogP contribution in [0.3, 0.4) is 0 Å². The summed E-state index contributed by atoms with van der Waals surface area (Å²) < 4.78 is 5.85. The lowest BCUT2D eigenvalue weighted by Gasteiger charge is -2.30. The van der Waals surface area contributed by atoms with Crippen molar-refractivity contribution < 1.29 is 4.74 Å². The summed E-state index contributed by atoms with van der Waals surface area (Å²) in [5.41, 5.74) is 0. The van der Waals surface area contributed by atoms with E-state index in [9.17, 15) is 0 Å². The van der Waals surface area contributed by atoms with Crippen molar-refractivity contribution >= 4 is 11.6 Å². The van der Waals surface area contributed by atoms with Crippen LogP contribution in [0, 0.1) is 5.92 Å². The SMILES string of the molecule is Clc1cccc(OCCN(CC2CCNCC2)C2CC2)c1. The van der Waals surface area contributed by atoms with Crippen molar-refractivity contribution in [2.24, 2.45) is 5.92 Å². The second-order valence-corrected chi connectivity index (χ2v) is 6.66. The summed E-state index contributed by atoms with van der Waals surface area (Å²) in [7, 11) is 0. The molecule has 21 heavy (non-hydrogen) atoms. The highest BCUT2D eigenvalue weighted by Crippen LogP contribution is 2.28. The van der Waals surface area contributed by atoms with Gasteiger partial charge in [0.05, 0.1) is 0 Å². The van der Waals surface area contributed by atoms with Gasteiger partial charge in [0.2, 0.25) is 0 Å². The summed E-state index contributed by atoms with van der Waals surface area (Å²) in [5, 5.41) is 4.18. The number of nitrogens with one attached hydrogen (secondary N) is 1. The van der Waals surface area contributed by atoms with Gasteiger partial charge in [0.1, 0.15) is 12.4 Å². The maximum Gasteiger partial charge on any atom is 0.120 e. The van der Waals surface area contributed by atoms with Gasteiger partial charge in [-0.2, -0.15) is 0 Å². The number of rotatable bonds is 7. The van der Waals surface area contributed by atoms with Crippen molar-refractivity contribution in [1.29, 1.82) is 0 Å². The topological polar surface area (TPSA) is 24.5 Å². The largest absolute Gasteiger partial charge is 0.492 e. The Morgan fingerprint density at radius 3 is 2.71 bits per heavy atom. The highest BCUT2D eigenvalue weighted by atomic mass is 35.5. The molecule has 3 nitrogen and oxygen atoms in total. The summed E-state index contributed by atoms with van der Waals surface area (Å²) in [6.07, 6.45) is 5.36. The van der Waals surface area contributed by atoms with Crippen LogP contribution >= 0.6 is 11.6 Å². The Labute approximate surface area is 132 Å². The van der Waals surface area contributed by atoms with Gasteiger partial charge >= 0.3 is 0 Å². The summed E-state index contributed by atoms with van der Waals surface area (Å²) >= 11 is 5.98. The lowest BCUT2D eigenvalue weighted by Crippen LogP contribution is -2.39. The van der Waals surface area contributed by atoms with Crippen LogP contribution in [0.4, 0.5) is 0 Å². The van der Waals surface area contributed by atoms with Crippen molar-refractivity contribution in [1.82, 2.24) is 10.2 Å². The zero-order valence-electron chi connectivity index (χ0n) is 12.6. The molecular weight excluding hydrogens is 284 g/mol. The number of hydrogen-bond donors (Lipinski definition) is 1. The lowest BCUT2D eigenvalue weighted by molar-refractivity contribution is 0.164. The van der Waals surface area contributed by atoms with E-state index in [2.05, 4.69) is 10.2 Å². The molecule has 2 aliphatic rings. The van der Waals surface area contributed by atoms with Crippen LogP contribution in [-0.4, -0.2) is 43.7 Å². The number of piperidine rings is 1. The van der Waals surface area contributed by atoms with E-state index in [0.29, 0.717) is 0 Å². The van der Waals surface area contributed by atoms with E-state index in [0.717, 1.165) is 35.9 Å². The molecule has 1 aliphatic carbocycles. The second kappa shape index (κ2) is 7.48. The zero-order chi connectivity index (χ0) is 14.5. The molecule has 3 rings (SSSR count). The van der Waals surface area contributed by atoms with E-state index in [4.69, 9.17) is 16.3 Å². The molecule has 1 saturated carbocycles. The van der Waals surface area contributed by atoms with Crippen molar-refractivity contribution in [3.8, 4) is 5.75 Å². The molecule has 0 aromatic heterocycles. The fraction of sp³-hybridized carbons (Fsp3) is 0.647. The molecule has 0 unspecified atom stereocenters. The Kier molecular flexibility index (Phi) is 5.39. The molecule has 2 fully saturated rings. The third kappa shape index (κ3) is 4.87. The zero-order valence-corrected chi connectivity index (χ0v) is 13.3. The van der Waals surface area contributed by atoms with Crippen LogP contribution in [0.15, 0.2) is 24.3 Å². The molecule has 0 bridgehead atoms. The first kappa shape index (κ1) is 15.1. The standard InChI is InChI=1S/C17H25ClN2O/c18-15-2-1-3-17(12-15)21-11-10-20(16-4-5-16)13-14-6-8-19-9-7-14/h1-3,12,14,16,19H,4-11,13H2. The fourth-order valence-electron chi connectivity index (χ4n) is 3.10. The first-order valence-electron chi connectivity index (χ1n) is 8.14. The highest BCUT2D eigenvalue weighted by Gasteiger charge is 2.30. The van der Waals surface area contributed by atoms with Gasteiger partial charge in [-0.1, -0.05) is 17.7 Å². The molecular formula is C17H25ClN2O. The third-order valence-electron chi connectivity index (χ3n) is 4.46. The molecule has 1 aromatic rings. The van der Waals surface area contributed by atoms with Crippen LogP contribution in [0.5, 0.6) is 5.75 Å². The Morgan fingerprint density at radius 1 is 1.19 bits per heavy atom. The average Bonchev–Trinajstić information content (AvgIpc) is 3.32. The van der Waals surface area contributed by atoms with Crippen molar-refractivity contribution in [2.45, 2.75) is 31.7 Å². The average molecular weight is 309 g/mol. The van der Waals surface area contributed by atoms with E-state index in [1.54, 1.807) is 0 Å². The minimum Gasteiger partial charge on any atom is -0.492 e. The lowest BCUT2D eigenvalue weighted by atomic mass is 9.97. The van der Waals surface area contributed by atoms with Gasteiger partial charge in [0.25, 0.3) is 0 Å². The predicted molar refractivity (Wildman–Crippen MR) is 87.1 cm³/mol.